The zero-order chi connectivity index (χ0) is 13.8. The molecule has 1 aliphatic rings. The maximum Gasteiger partial charge on any atom is 0.316 e. The van der Waals surface area contributed by atoms with Crippen molar-refractivity contribution in [3.8, 4) is 11.5 Å². The van der Waals surface area contributed by atoms with Gasteiger partial charge >= 0.3 is 11.8 Å². The van der Waals surface area contributed by atoms with Crippen LogP contribution in [0.1, 0.15) is 5.56 Å². The monoisotopic (exact) mass is 263 g/mol. The van der Waals surface area contributed by atoms with E-state index in [9.17, 15) is 9.59 Å². The van der Waals surface area contributed by atoms with Crippen molar-refractivity contribution in [1.29, 1.82) is 0 Å². The maximum atomic E-state index is 11.0. The number of guanidine groups is 1. The molecule has 2 amide bonds. The number of carbonyl (C=O) groups excluding carboxylic acids is 2. The number of nitrogens with one attached hydrogen (secondary N) is 2. The molecule has 0 aromatic heterocycles. The number of rotatable bonds is 4. The number of methoxy groups -OCH3 is 2. The van der Waals surface area contributed by atoms with E-state index >= 15 is 0 Å². The number of hydrogen-bond donors (Lipinski definition) is 2. The summed E-state index contributed by atoms with van der Waals surface area (Å²) >= 11 is 0. The second kappa shape index (κ2) is 5.38. The molecule has 1 aromatic carbocycles. The lowest BCUT2D eigenvalue weighted by Crippen LogP contribution is -2.25. The Morgan fingerprint density at radius 3 is 2.37 bits per heavy atom. The van der Waals surface area contributed by atoms with Gasteiger partial charge in [0.25, 0.3) is 0 Å². The quantitative estimate of drug-likeness (QED) is 0.737. The summed E-state index contributed by atoms with van der Waals surface area (Å²) in [5.41, 5.74) is 0.811. The Morgan fingerprint density at radius 2 is 1.79 bits per heavy atom. The van der Waals surface area contributed by atoms with Crippen molar-refractivity contribution in [2.45, 2.75) is 6.54 Å². The summed E-state index contributed by atoms with van der Waals surface area (Å²) in [5, 5.41) is 4.64. The van der Waals surface area contributed by atoms with Crippen LogP contribution in [0.4, 0.5) is 0 Å². The van der Waals surface area contributed by atoms with Gasteiger partial charge in [0.15, 0.2) is 0 Å². The lowest BCUT2D eigenvalue weighted by Gasteiger charge is -2.08. The van der Waals surface area contributed by atoms with Crippen molar-refractivity contribution in [2.75, 3.05) is 14.2 Å². The number of carbonyl (C=O) groups is 2. The predicted octanol–water partition coefficient (Wildman–Crippen LogP) is -0.194. The second-order valence-electron chi connectivity index (χ2n) is 3.75. The molecular formula is C12H13N3O4. The summed E-state index contributed by atoms with van der Waals surface area (Å²) in [6.07, 6.45) is 0. The van der Waals surface area contributed by atoms with E-state index < -0.39 is 11.8 Å². The fraction of sp³-hybridized carbons (Fsp3) is 0.250. The van der Waals surface area contributed by atoms with Gasteiger partial charge in [-0.1, -0.05) is 0 Å². The van der Waals surface area contributed by atoms with Crippen LogP contribution in [-0.4, -0.2) is 32.0 Å². The van der Waals surface area contributed by atoms with Crippen molar-refractivity contribution in [3.05, 3.63) is 23.8 Å². The van der Waals surface area contributed by atoms with E-state index in [0.29, 0.717) is 11.5 Å². The molecule has 0 spiro atoms. The van der Waals surface area contributed by atoms with E-state index in [1.807, 2.05) is 0 Å². The SMILES string of the molecule is COc1ccc(CN=C2NC(=O)C(=O)N2)c(OC)c1. The highest BCUT2D eigenvalue weighted by atomic mass is 16.5. The minimum atomic E-state index is -0.708. The van der Waals surface area contributed by atoms with Crippen molar-refractivity contribution < 1.29 is 19.1 Å². The third-order valence-electron chi connectivity index (χ3n) is 2.57. The zero-order valence-corrected chi connectivity index (χ0v) is 10.5. The molecule has 100 valence electrons. The Kier molecular flexibility index (Phi) is 3.65. The van der Waals surface area contributed by atoms with Crippen molar-refractivity contribution in [3.63, 3.8) is 0 Å². The molecule has 7 nitrogen and oxygen atoms in total. The molecule has 0 radical (unpaired) electrons. The normalized spacial score (nSPS) is 13.9. The first-order valence-corrected chi connectivity index (χ1v) is 5.51. The molecule has 1 fully saturated rings. The first-order valence-electron chi connectivity index (χ1n) is 5.51. The zero-order valence-electron chi connectivity index (χ0n) is 10.5. The van der Waals surface area contributed by atoms with Gasteiger partial charge < -0.3 is 9.47 Å². The van der Waals surface area contributed by atoms with Gasteiger partial charge in [-0.15, -0.1) is 0 Å². The molecule has 0 unspecified atom stereocenters. The first kappa shape index (κ1) is 12.9. The number of amides is 2. The van der Waals surface area contributed by atoms with Crippen LogP contribution in [0.25, 0.3) is 0 Å². The average Bonchev–Trinajstić information content (AvgIpc) is 2.75. The predicted molar refractivity (Wildman–Crippen MR) is 67.0 cm³/mol. The molecule has 2 rings (SSSR count). The van der Waals surface area contributed by atoms with Crippen LogP contribution in [0.5, 0.6) is 11.5 Å². The Morgan fingerprint density at radius 1 is 1.11 bits per heavy atom. The van der Waals surface area contributed by atoms with E-state index in [-0.39, 0.29) is 12.5 Å². The molecular weight excluding hydrogens is 250 g/mol. The molecule has 0 aliphatic carbocycles. The van der Waals surface area contributed by atoms with E-state index in [4.69, 9.17) is 9.47 Å². The van der Waals surface area contributed by atoms with Gasteiger partial charge in [-0.25, -0.2) is 4.99 Å². The van der Waals surface area contributed by atoms with Crippen LogP contribution in [0.15, 0.2) is 23.2 Å². The fourth-order valence-electron chi connectivity index (χ4n) is 1.59. The highest BCUT2D eigenvalue weighted by Gasteiger charge is 2.24. The minimum absolute atomic E-state index is 0.146. The molecule has 1 heterocycles. The number of ether oxygens (including phenoxy) is 2. The van der Waals surface area contributed by atoms with E-state index in [0.717, 1.165) is 5.56 Å². The third kappa shape index (κ3) is 2.82. The highest BCUT2D eigenvalue weighted by Crippen LogP contribution is 2.25. The first-order chi connectivity index (χ1) is 9.13. The second-order valence-corrected chi connectivity index (χ2v) is 3.75. The van der Waals surface area contributed by atoms with Crippen molar-refractivity contribution >= 4 is 17.8 Å². The summed E-state index contributed by atoms with van der Waals surface area (Å²) in [7, 11) is 3.11. The van der Waals surface area contributed by atoms with Crippen LogP contribution in [-0.2, 0) is 16.1 Å². The molecule has 7 heteroatoms. The molecule has 19 heavy (non-hydrogen) atoms. The van der Waals surface area contributed by atoms with Crippen LogP contribution in [0.3, 0.4) is 0 Å². The van der Waals surface area contributed by atoms with E-state index in [1.165, 1.54) is 0 Å². The number of nitrogens with zero attached hydrogens (tertiary/aromatic N) is 1. The maximum absolute atomic E-state index is 11.0. The number of hydrogen-bond acceptors (Lipinski definition) is 5. The lowest BCUT2D eigenvalue weighted by molar-refractivity contribution is -0.135. The standard InChI is InChI=1S/C12H13N3O4/c1-18-8-4-3-7(9(5-8)19-2)6-13-12-14-10(16)11(17)15-12/h3-5H,6H2,1-2H3,(H2,13,14,15,16,17). The molecule has 2 N–H and O–H groups in total. The lowest BCUT2D eigenvalue weighted by atomic mass is 10.2. The van der Waals surface area contributed by atoms with Gasteiger partial charge in [0.1, 0.15) is 11.5 Å². The van der Waals surface area contributed by atoms with Crippen LogP contribution >= 0.6 is 0 Å². The van der Waals surface area contributed by atoms with Gasteiger partial charge in [0.05, 0.1) is 20.8 Å². The van der Waals surface area contributed by atoms with E-state index in [2.05, 4.69) is 15.6 Å². The Labute approximate surface area is 109 Å². The Bertz CT molecular complexity index is 536. The molecule has 1 aliphatic heterocycles. The Hall–Kier alpha value is -2.57. The van der Waals surface area contributed by atoms with Crippen LogP contribution in [0, 0.1) is 0 Å². The molecule has 1 saturated heterocycles. The number of aliphatic imine (C=N–C) groups is 1. The topological polar surface area (TPSA) is 89.0 Å². The molecule has 0 bridgehead atoms. The molecule has 1 aromatic rings. The van der Waals surface area contributed by atoms with Gasteiger partial charge in [-0.2, -0.15) is 0 Å². The van der Waals surface area contributed by atoms with Crippen LogP contribution in [0.2, 0.25) is 0 Å². The molecule has 0 saturated carbocycles. The Balaban J connectivity index is 2.13. The summed E-state index contributed by atoms with van der Waals surface area (Å²) in [6.45, 7) is 0.267. The summed E-state index contributed by atoms with van der Waals surface area (Å²) in [5.74, 6) is 0.0313. The fourth-order valence-corrected chi connectivity index (χ4v) is 1.59. The van der Waals surface area contributed by atoms with Gasteiger partial charge in [0.2, 0.25) is 5.96 Å². The van der Waals surface area contributed by atoms with E-state index in [1.54, 1.807) is 32.4 Å². The van der Waals surface area contributed by atoms with Gasteiger partial charge in [-0.3, -0.25) is 20.2 Å². The highest BCUT2D eigenvalue weighted by molar-refractivity contribution is 6.45. The smallest absolute Gasteiger partial charge is 0.316 e. The molecule has 0 atom stereocenters. The van der Waals surface area contributed by atoms with Gasteiger partial charge in [0, 0.05) is 11.6 Å². The van der Waals surface area contributed by atoms with Gasteiger partial charge in [-0.05, 0) is 12.1 Å². The largest absolute Gasteiger partial charge is 0.497 e. The minimum Gasteiger partial charge on any atom is -0.497 e. The third-order valence-corrected chi connectivity index (χ3v) is 2.57. The summed E-state index contributed by atoms with van der Waals surface area (Å²) in [6, 6.07) is 5.32. The average molecular weight is 263 g/mol. The number of benzene rings is 1. The van der Waals surface area contributed by atoms with Crippen molar-refractivity contribution in [1.82, 2.24) is 10.6 Å². The summed E-state index contributed by atoms with van der Waals surface area (Å²) < 4.78 is 10.3. The summed E-state index contributed by atoms with van der Waals surface area (Å²) in [4.78, 5) is 26.0. The van der Waals surface area contributed by atoms with Crippen LogP contribution < -0.4 is 20.1 Å². The van der Waals surface area contributed by atoms with Crippen molar-refractivity contribution in [2.24, 2.45) is 4.99 Å².